The van der Waals surface area contributed by atoms with Gasteiger partial charge in [-0.25, -0.2) is 22.7 Å². The van der Waals surface area contributed by atoms with Gasteiger partial charge in [0.25, 0.3) is 5.91 Å². The van der Waals surface area contributed by atoms with Gasteiger partial charge < -0.3 is 19.9 Å². The van der Waals surface area contributed by atoms with Crippen molar-refractivity contribution in [2.24, 2.45) is 0 Å². The average molecular weight is 606 g/mol. The summed E-state index contributed by atoms with van der Waals surface area (Å²) in [7, 11) is -1.99. The smallest absolute Gasteiger partial charge is 0.407 e. The first-order valence-electron chi connectivity index (χ1n) is 13.2. The van der Waals surface area contributed by atoms with E-state index in [1.165, 1.54) is 23.1 Å². The van der Waals surface area contributed by atoms with Gasteiger partial charge in [-0.2, -0.15) is 5.10 Å². The highest BCUT2D eigenvalue weighted by Gasteiger charge is 2.29. The van der Waals surface area contributed by atoms with Gasteiger partial charge in [0.05, 0.1) is 35.3 Å². The highest BCUT2D eigenvalue weighted by atomic mass is 35.5. The van der Waals surface area contributed by atoms with Crippen molar-refractivity contribution >= 4 is 50.8 Å². The van der Waals surface area contributed by atoms with Gasteiger partial charge in [-0.15, -0.1) is 0 Å². The van der Waals surface area contributed by atoms with Crippen molar-refractivity contribution < 1.29 is 22.7 Å². The largest absolute Gasteiger partial charge is 0.444 e. The van der Waals surface area contributed by atoms with E-state index in [9.17, 15) is 18.0 Å². The summed E-state index contributed by atoms with van der Waals surface area (Å²) in [6.45, 7) is 10.6. The van der Waals surface area contributed by atoms with Gasteiger partial charge >= 0.3 is 6.09 Å². The van der Waals surface area contributed by atoms with Gasteiger partial charge in [0.1, 0.15) is 11.4 Å². The lowest BCUT2D eigenvalue weighted by atomic mass is 10.1. The zero-order valence-corrected chi connectivity index (χ0v) is 25.8. The van der Waals surface area contributed by atoms with Crippen molar-refractivity contribution in [1.29, 1.82) is 0 Å². The minimum atomic E-state index is -3.61. The molecule has 1 saturated heterocycles. The zero-order chi connectivity index (χ0) is 30.3. The summed E-state index contributed by atoms with van der Waals surface area (Å²) in [6.07, 6.45) is 3.23. The molecule has 2 aromatic heterocycles. The van der Waals surface area contributed by atoms with Gasteiger partial charge in [-0.3, -0.25) is 9.52 Å². The minimum absolute atomic E-state index is 0.0593. The van der Waals surface area contributed by atoms with Crippen LogP contribution in [0.2, 0.25) is 5.02 Å². The van der Waals surface area contributed by atoms with Crippen LogP contribution in [0.5, 0.6) is 0 Å². The van der Waals surface area contributed by atoms with Gasteiger partial charge in [0.2, 0.25) is 10.0 Å². The summed E-state index contributed by atoms with van der Waals surface area (Å²) in [5, 5.41) is 7.90. The van der Waals surface area contributed by atoms with Crippen LogP contribution in [0.15, 0.2) is 30.5 Å². The van der Waals surface area contributed by atoms with Crippen LogP contribution in [-0.4, -0.2) is 78.0 Å². The molecular formula is C27H36ClN7O5S. The predicted molar refractivity (Wildman–Crippen MR) is 158 cm³/mol. The maximum absolute atomic E-state index is 13.4. The molecule has 2 atom stereocenters. The van der Waals surface area contributed by atoms with Crippen LogP contribution < -0.4 is 14.9 Å². The maximum atomic E-state index is 13.4. The number of hydrogen-bond donors (Lipinski definition) is 2. The zero-order valence-electron chi connectivity index (χ0n) is 24.2. The number of fused-ring (bicyclic) bond motifs is 1. The monoisotopic (exact) mass is 605 g/mol. The third-order valence-corrected chi connectivity index (χ3v) is 7.50. The average Bonchev–Trinajstić information content (AvgIpc) is 3.47. The highest BCUT2D eigenvalue weighted by molar-refractivity contribution is 7.92. The molecule has 41 heavy (non-hydrogen) atoms. The summed E-state index contributed by atoms with van der Waals surface area (Å²) in [5.74, 6) is 0.374. The number of sulfonamides is 1. The molecule has 2 N–H and O–H groups in total. The van der Waals surface area contributed by atoms with Crippen LogP contribution in [0.25, 0.3) is 5.65 Å². The van der Waals surface area contributed by atoms with Gasteiger partial charge in [0, 0.05) is 43.0 Å². The van der Waals surface area contributed by atoms with Crippen molar-refractivity contribution in [2.75, 3.05) is 36.0 Å². The van der Waals surface area contributed by atoms with E-state index in [4.69, 9.17) is 21.3 Å². The topological polar surface area (TPSA) is 138 Å². The Morgan fingerprint density at radius 2 is 1.95 bits per heavy atom. The third kappa shape index (κ3) is 7.39. The number of carbonyl (C=O) groups is 2. The van der Waals surface area contributed by atoms with E-state index in [2.05, 4.69) is 20.0 Å². The number of nitrogens with one attached hydrogen (secondary N) is 2. The van der Waals surface area contributed by atoms with Gasteiger partial charge in [0.15, 0.2) is 5.65 Å². The summed E-state index contributed by atoms with van der Waals surface area (Å²) < 4.78 is 33.1. The molecular weight excluding hydrogens is 570 g/mol. The third-order valence-electron chi connectivity index (χ3n) is 6.67. The molecule has 0 aliphatic carbocycles. The van der Waals surface area contributed by atoms with Crippen LogP contribution in [-0.2, 0) is 14.8 Å². The minimum Gasteiger partial charge on any atom is -0.444 e. The van der Waals surface area contributed by atoms with Crippen molar-refractivity contribution in [3.05, 3.63) is 52.3 Å². The van der Waals surface area contributed by atoms with E-state index in [1.807, 2.05) is 46.9 Å². The molecule has 1 fully saturated rings. The Hall–Kier alpha value is -3.58. The Morgan fingerprint density at radius 3 is 2.61 bits per heavy atom. The number of ether oxygens (including phenoxy) is 1. The number of nitrogens with zero attached hydrogens (tertiary/aromatic N) is 5. The Balaban J connectivity index is 1.52. The molecule has 4 rings (SSSR count). The number of aryl methyl sites for hydroxylation is 1. The standard InChI is InChI=1S/C27H36ClN7O5S/c1-16-14-35-23(30-24(16)34-11-10-19(15-34)29-26(37)40-27(3,4)5)13-22(31-35)17(2)33(6)25(36)20-12-18(28)8-9-21(20)32-41(7,38)39/h8-9,12-14,17,19,32H,10-11,15H2,1-7H3,(H,29,37)/t17-,19+/m1/s1. The molecule has 14 heteroatoms. The van der Waals surface area contributed by atoms with E-state index in [1.54, 1.807) is 11.6 Å². The number of benzene rings is 1. The number of hydrogen-bond acceptors (Lipinski definition) is 8. The molecule has 1 aliphatic rings. The van der Waals surface area contributed by atoms with E-state index < -0.39 is 33.7 Å². The molecule has 1 aromatic carbocycles. The molecule has 1 aliphatic heterocycles. The molecule has 3 aromatic rings. The lowest BCUT2D eigenvalue weighted by Crippen LogP contribution is -2.40. The SMILES string of the molecule is Cc1cn2nc([C@@H](C)N(C)C(=O)c3cc(Cl)ccc3NS(C)(=O)=O)cc2nc1N1CC[C@H](NC(=O)OC(C)(C)C)C1. The van der Waals surface area contributed by atoms with E-state index in [0.29, 0.717) is 22.9 Å². The van der Waals surface area contributed by atoms with Crippen molar-refractivity contribution in [1.82, 2.24) is 24.8 Å². The van der Waals surface area contributed by atoms with Gasteiger partial charge in [-0.1, -0.05) is 11.6 Å². The number of amides is 2. The second-order valence-corrected chi connectivity index (χ2v) is 13.5. The van der Waals surface area contributed by atoms with E-state index in [-0.39, 0.29) is 17.3 Å². The molecule has 12 nitrogen and oxygen atoms in total. The Labute approximate surface area is 245 Å². The quantitative estimate of drug-likeness (QED) is 0.412. The fourth-order valence-electron chi connectivity index (χ4n) is 4.63. The Bertz CT molecular complexity index is 1580. The first kappa shape index (κ1) is 30.4. The van der Waals surface area contributed by atoms with Crippen molar-refractivity contribution in [2.45, 2.75) is 58.7 Å². The number of alkyl carbamates (subject to hydrolysis) is 1. The van der Waals surface area contributed by atoms with Crippen molar-refractivity contribution in [3.8, 4) is 0 Å². The summed E-state index contributed by atoms with van der Waals surface area (Å²) >= 11 is 6.13. The Kier molecular flexibility index (Phi) is 8.42. The van der Waals surface area contributed by atoms with Crippen LogP contribution in [0.4, 0.5) is 16.3 Å². The van der Waals surface area contributed by atoms with Crippen LogP contribution in [0, 0.1) is 6.92 Å². The maximum Gasteiger partial charge on any atom is 0.407 e. The van der Waals surface area contributed by atoms with Crippen LogP contribution in [0.3, 0.4) is 0 Å². The summed E-state index contributed by atoms with van der Waals surface area (Å²) in [6, 6.07) is 5.70. The number of aromatic nitrogens is 3. The first-order valence-corrected chi connectivity index (χ1v) is 15.4. The second kappa shape index (κ2) is 11.4. The normalized spacial score (nSPS) is 16.5. The van der Waals surface area contributed by atoms with E-state index >= 15 is 0 Å². The van der Waals surface area contributed by atoms with Crippen molar-refractivity contribution in [3.63, 3.8) is 0 Å². The lowest BCUT2D eigenvalue weighted by molar-refractivity contribution is 0.0508. The fourth-order valence-corrected chi connectivity index (χ4v) is 5.38. The molecule has 0 saturated carbocycles. The highest BCUT2D eigenvalue weighted by Crippen LogP contribution is 2.28. The predicted octanol–water partition coefficient (Wildman–Crippen LogP) is 4.00. The lowest BCUT2D eigenvalue weighted by Gasteiger charge is -2.24. The fraction of sp³-hybridized carbons (Fsp3) is 0.481. The van der Waals surface area contributed by atoms with Crippen LogP contribution in [0.1, 0.15) is 61.8 Å². The summed E-state index contributed by atoms with van der Waals surface area (Å²) in [5.41, 5.74) is 1.83. The second-order valence-electron chi connectivity index (χ2n) is 11.4. The molecule has 222 valence electrons. The number of halogens is 1. The number of rotatable bonds is 7. The molecule has 3 heterocycles. The van der Waals surface area contributed by atoms with Gasteiger partial charge in [-0.05, 0) is 59.2 Å². The molecule has 0 unspecified atom stereocenters. The molecule has 0 spiro atoms. The summed E-state index contributed by atoms with van der Waals surface area (Å²) in [4.78, 5) is 34.1. The first-order chi connectivity index (χ1) is 19.0. The Morgan fingerprint density at radius 1 is 1.24 bits per heavy atom. The molecule has 0 bridgehead atoms. The molecule has 2 amide bonds. The van der Waals surface area contributed by atoms with E-state index in [0.717, 1.165) is 30.6 Å². The number of carbonyl (C=O) groups excluding carboxylic acids is 2. The van der Waals surface area contributed by atoms with Crippen LogP contribution >= 0.6 is 11.6 Å². The number of anilines is 2. The molecule has 0 radical (unpaired) electrons.